The van der Waals surface area contributed by atoms with Gasteiger partial charge in [0.05, 0.1) is 12.7 Å². The second-order valence-electron chi connectivity index (χ2n) is 5.79. The molecule has 6 nitrogen and oxygen atoms in total. The minimum absolute atomic E-state index is 0.246. The van der Waals surface area contributed by atoms with E-state index in [1.165, 1.54) is 0 Å². The molecule has 0 aromatic carbocycles. The maximum absolute atomic E-state index is 12.1. The molecule has 0 aromatic rings. The standard InChI is InChI=1S/C13H18O6/c1-4-16-10(14)13-5-7(17-11(13)15)9-8(6-13)18-12(2,3)19-9/h7-9H,4-6H2,1-3H3/t7-,8-,9-,13+/m1/s1. The quantitative estimate of drug-likeness (QED) is 0.545. The number of hydrogen-bond acceptors (Lipinski definition) is 6. The highest BCUT2D eigenvalue weighted by Gasteiger charge is 2.66. The Morgan fingerprint density at radius 2 is 2.00 bits per heavy atom. The van der Waals surface area contributed by atoms with Crippen molar-refractivity contribution in [3.63, 3.8) is 0 Å². The van der Waals surface area contributed by atoms with Crippen molar-refractivity contribution in [3.05, 3.63) is 0 Å². The minimum atomic E-state index is -1.20. The first-order chi connectivity index (χ1) is 8.88. The van der Waals surface area contributed by atoms with Gasteiger partial charge in [0.2, 0.25) is 0 Å². The molecular formula is C13H18O6. The number of hydrogen-bond donors (Lipinski definition) is 0. The largest absolute Gasteiger partial charge is 0.465 e. The lowest BCUT2D eigenvalue weighted by molar-refractivity contribution is -0.174. The Morgan fingerprint density at radius 3 is 2.68 bits per heavy atom. The van der Waals surface area contributed by atoms with Gasteiger partial charge in [0.1, 0.15) is 12.2 Å². The second-order valence-corrected chi connectivity index (χ2v) is 5.79. The molecule has 0 N–H and O–H groups in total. The average Bonchev–Trinajstić information content (AvgIpc) is 2.76. The fraction of sp³-hybridized carbons (Fsp3) is 0.846. The monoisotopic (exact) mass is 270 g/mol. The number of carbonyl (C=O) groups excluding carboxylic acids is 2. The Bertz CT molecular complexity index is 431. The van der Waals surface area contributed by atoms with Crippen molar-refractivity contribution in [2.24, 2.45) is 5.41 Å². The van der Waals surface area contributed by atoms with Crippen LogP contribution in [0.5, 0.6) is 0 Å². The topological polar surface area (TPSA) is 71.1 Å². The van der Waals surface area contributed by atoms with E-state index in [-0.39, 0.29) is 25.2 Å². The van der Waals surface area contributed by atoms with Gasteiger partial charge in [0.25, 0.3) is 0 Å². The summed E-state index contributed by atoms with van der Waals surface area (Å²) in [6, 6.07) is 0. The smallest absolute Gasteiger partial charge is 0.324 e. The van der Waals surface area contributed by atoms with Crippen LogP contribution in [0.1, 0.15) is 33.6 Å². The summed E-state index contributed by atoms with van der Waals surface area (Å²) in [4.78, 5) is 24.2. The fourth-order valence-electron chi connectivity index (χ4n) is 3.27. The van der Waals surface area contributed by atoms with E-state index in [9.17, 15) is 9.59 Å². The Balaban J connectivity index is 1.88. The number of esters is 2. The van der Waals surface area contributed by atoms with Gasteiger partial charge in [-0.05, 0) is 20.8 Å². The SMILES string of the molecule is CCOC(=O)[C@@]12C[C@@H](OC1=O)[C@H]1OC(C)(C)O[C@@H]1C2. The molecule has 4 atom stereocenters. The molecule has 1 aliphatic carbocycles. The predicted octanol–water partition coefficient (Wildman–Crippen LogP) is 0.775. The maximum Gasteiger partial charge on any atom is 0.324 e. The van der Waals surface area contributed by atoms with Crippen LogP contribution >= 0.6 is 0 Å². The Kier molecular flexibility index (Phi) is 2.66. The van der Waals surface area contributed by atoms with E-state index in [2.05, 4.69) is 0 Å². The van der Waals surface area contributed by atoms with Gasteiger partial charge >= 0.3 is 11.9 Å². The summed E-state index contributed by atoms with van der Waals surface area (Å²) >= 11 is 0. The molecule has 0 radical (unpaired) electrons. The van der Waals surface area contributed by atoms with E-state index in [4.69, 9.17) is 18.9 Å². The van der Waals surface area contributed by atoms with Crippen LogP contribution in [0.15, 0.2) is 0 Å². The first-order valence-electron chi connectivity index (χ1n) is 6.62. The molecule has 2 heterocycles. The predicted molar refractivity (Wildman–Crippen MR) is 62.0 cm³/mol. The van der Waals surface area contributed by atoms with Gasteiger partial charge in [-0.1, -0.05) is 0 Å². The van der Waals surface area contributed by atoms with Crippen LogP contribution in [0, 0.1) is 5.41 Å². The Labute approximate surface area is 111 Å². The third kappa shape index (κ3) is 1.77. The second kappa shape index (κ2) is 3.93. The van der Waals surface area contributed by atoms with E-state index in [1.807, 2.05) is 13.8 Å². The van der Waals surface area contributed by atoms with Crippen molar-refractivity contribution in [2.75, 3.05) is 6.61 Å². The molecule has 0 aromatic heterocycles. The zero-order valence-electron chi connectivity index (χ0n) is 11.3. The highest BCUT2D eigenvalue weighted by atomic mass is 16.8. The summed E-state index contributed by atoms with van der Waals surface area (Å²) in [5, 5.41) is 0. The van der Waals surface area contributed by atoms with E-state index in [0.29, 0.717) is 6.42 Å². The molecule has 3 rings (SSSR count). The highest BCUT2D eigenvalue weighted by molar-refractivity contribution is 6.01. The minimum Gasteiger partial charge on any atom is -0.465 e. The number of fused-ring (bicyclic) bond motifs is 4. The van der Waals surface area contributed by atoms with E-state index >= 15 is 0 Å². The summed E-state index contributed by atoms with van der Waals surface area (Å²) in [5.41, 5.74) is -1.20. The van der Waals surface area contributed by atoms with Crippen LogP contribution in [-0.4, -0.2) is 42.6 Å². The number of rotatable bonds is 2. The molecule has 0 spiro atoms. The van der Waals surface area contributed by atoms with Gasteiger partial charge in [0, 0.05) is 12.8 Å². The molecule has 2 bridgehead atoms. The first-order valence-corrected chi connectivity index (χ1v) is 6.62. The summed E-state index contributed by atoms with van der Waals surface area (Å²) < 4.78 is 21.9. The lowest BCUT2D eigenvalue weighted by atomic mass is 9.73. The molecule has 1 saturated carbocycles. The van der Waals surface area contributed by atoms with Crippen molar-refractivity contribution in [1.29, 1.82) is 0 Å². The van der Waals surface area contributed by atoms with Crippen LogP contribution < -0.4 is 0 Å². The number of ether oxygens (including phenoxy) is 4. The van der Waals surface area contributed by atoms with Gasteiger partial charge in [-0.2, -0.15) is 0 Å². The average molecular weight is 270 g/mol. The normalized spacial score (nSPS) is 42.7. The van der Waals surface area contributed by atoms with Crippen LogP contribution in [0.2, 0.25) is 0 Å². The lowest BCUT2D eigenvalue weighted by Gasteiger charge is -2.31. The summed E-state index contributed by atoms with van der Waals surface area (Å²) in [5.74, 6) is -1.72. The molecule has 2 saturated heterocycles. The Hall–Kier alpha value is -1.14. The first kappa shape index (κ1) is 12.9. The molecule has 6 heteroatoms. The summed E-state index contributed by atoms with van der Waals surface area (Å²) in [7, 11) is 0. The van der Waals surface area contributed by atoms with E-state index < -0.39 is 29.2 Å². The van der Waals surface area contributed by atoms with Crippen molar-refractivity contribution >= 4 is 11.9 Å². The van der Waals surface area contributed by atoms with Crippen molar-refractivity contribution in [1.82, 2.24) is 0 Å². The van der Waals surface area contributed by atoms with Crippen molar-refractivity contribution in [3.8, 4) is 0 Å². The van der Waals surface area contributed by atoms with Gasteiger partial charge in [-0.15, -0.1) is 0 Å². The van der Waals surface area contributed by atoms with E-state index in [0.717, 1.165) is 0 Å². The third-order valence-electron chi connectivity index (χ3n) is 4.00. The third-order valence-corrected chi connectivity index (χ3v) is 4.00. The molecule has 0 amide bonds. The fourth-order valence-corrected chi connectivity index (χ4v) is 3.27. The summed E-state index contributed by atoms with van der Waals surface area (Å²) in [6.07, 6.45) is -0.411. The van der Waals surface area contributed by atoms with Crippen LogP contribution in [0.3, 0.4) is 0 Å². The van der Waals surface area contributed by atoms with Gasteiger partial charge in [-0.3, -0.25) is 9.59 Å². The highest BCUT2D eigenvalue weighted by Crippen LogP contribution is 2.51. The molecule has 3 aliphatic rings. The van der Waals surface area contributed by atoms with Crippen LogP contribution in [0.4, 0.5) is 0 Å². The van der Waals surface area contributed by atoms with Crippen LogP contribution in [0.25, 0.3) is 0 Å². The van der Waals surface area contributed by atoms with Gasteiger partial charge in [-0.25, -0.2) is 0 Å². The summed E-state index contributed by atoms with van der Waals surface area (Å²) in [6.45, 7) is 5.60. The molecule has 3 fully saturated rings. The zero-order chi connectivity index (χ0) is 13.8. The van der Waals surface area contributed by atoms with Gasteiger partial charge < -0.3 is 18.9 Å². The zero-order valence-corrected chi connectivity index (χ0v) is 11.3. The molecule has 2 aliphatic heterocycles. The van der Waals surface area contributed by atoms with E-state index in [1.54, 1.807) is 6.92 Å². The molecular weight excluding hydrogens is 252 g/mol. The lowest BCUT2D eigenvalue weighted by Crippen LogP contribution is -2.47. The maximum atomic E-state index is 12.1. The Morgan fingerprint density at radius 1 is 1.32 bits per heavy atom. The molecule has 0 unspecified atom stereocenters. The van der Waals surface area contributed by atoms with Gasteiger partial charge in [0.15, 0.2) is 11.2 Å². The molecule has 19 heavy (non-hydrogen) atoms. The van der Waals surface area contributed by atoms with Crippen LogP contribution in [-0.2, 0) is 28.5 Å². The van der Waals surface area contributed by atoms with Crippen molar-refractivity contribution < 1.29 is 28.5 Å². The number of carbonyl (C=O) groups is 2. The molecule has 106 valence electrons. The van der Waals surface area contributed by atoms with Crippen molar-refractivity contribution in [2.45, 2.75) is 57.7 Å².